The molecule has 0 heterocycles. The number of amidine groups is 1. The van der Waals surface area contributed by atoms with E-state index in [0.717, 1.165) is 13.0 Å². The van der Waals surface area contributed by atoms with Crippen molar-refractivity contribution >= 4 is 5.84 Å². The quantitative estimate of drug-likeness (QED) is 0.569. The van der Waals surface area contributed by atoms with Gasteiger partial charge in [0.2, 0.25) is 0 Å². The molecule has 0 aromatic heterocycles. The average molecular weight is 219 g/mol. The van der Waals surface area contributed by atoms with E-state index in [1.54, 1.807) is 0 Å². The zero-order valence-electron chi connectivity index (χ0n) is 10.1. The summed E-state index contributed by atoms with van der Waals surface area (Å²) in [5.74, 6) is 0.270. The fraction of sp³-hybridized carbons (Fsp3) is 0.462. The highest BCUT2D eigenvalue weighted by atomic mass is 15.1. The summed E-state index contributed by atoms with van der Waals surface area (Å²) in [4.78, 5) is 2.26. The van der Waals surface area contributed by atoms with Gasteiger partial charge in [-0.2, -0.15) is 0 Å². The minimum atomic E-state index is 0.270. The van der Waals surface area contributed by atoms with Crippen LogP contribution in [0.3, 0.4) is 0 Å². The molecule has 0 bridgehead atoms. The topological polar surface area (TPSA) is 53.1 Å². The van der Waals surface area contributed by atoms with E-state index in [9.17, 15) is 0 Å². The van der Waals surface area contributed by atoms with Crippen LogP contribution in [0.1, 0.15) is 25.3 Å². The van der Waals surface area contributed by atoms with Crippen molar-refractivity contribution in [3.8, 4) is 0 Å². The lowest BCUT2D eigenvalue weighted by Gasteiger charge is -2.26. The monoisotopic (exact) mass is 219 g/mol. The first-order chi connectivity index (χ1) is 7.63. The Labute approximate surface area is 97.8 Å². The largest absolute Gasteiger partial charge is 0.388 e. The van der Waals surface area contributed by atoms with Crippen LogP contribution >= 0.6 is 0 Å². The van der Waals surface area contributed by atoms with Crippen molar-refractivity contribution in [2.75, 3.05) is 7.05 Å². The average Bonchev–Trinajstić information content (AvgIpc) is 2.26. The van der Waals surface area contributed by atoms with Crippen LogP contribution in [0.4, 0.5) is 0 Å². The van der Waals surface area contributed by atoms with Gasteiger partial charge in [0.1, 0.15) is 0 Å². The first kappa shape index (κ1) is 12.7. The van der Waals surface area contributed by atoms with E-state index >= 15 is 0 Å². The highest BCUT2D eigenvalue weighted by Gasteiger charge is 2.13. The summed E-state index contributed by atoms with van der Waals surface area (Å²) in [6.07, 6.45) is 1.67. The molecule has 1 aromatic rings. The van der Waals surface area contributed by atoms with Crippen LogP contribution in [0.5, 0.6) is 0 Å². The van der Waals surface area contributed by atoms with E-state index in [4.69, 9.17) is 11.1 Å². The van der Waals surface area contributed by atoms with Crippen molar-refractivity contribution in [2.24, 2.45) is 5.73 Å². The zero-order chi connectivity index (χ0) is 12.0. The molecule has 3 N–H and O–H groups in total. The second-order valence-electron chi connectivity index (χ2n) is 4.19. The Kier molecular flexibility index (Phi) is 4.99. The molecular formula is C13H21N3. The van der Waals surface area contributed by atoms with Gasteiger partial charge < -0.3 is 5.73 Å². The van der Waals surface area contributed by atoms with E-state index in [1.807, 2.05) is 6.07 Å². The van der Waals surface area contributed by atoms with Crippen molar-refractivity contribution in [3.63, 3.8) is 0 Å². The molecule has 0 aliphatic heterocycles. The summed E-state index contributed by atoms with van der Waals surface area (Å²) in [6.45, 7) is 3.04. The molecule has 0 fully saturated rings. The van der Waals surface area contributed by atoms with Crippen molar-refractivity contribution in [1.82, 2.24) is 4.90 Å². The number of hydrogen-bond donors (Lipinski definition) is 2. The number of rotatable bonds is 6. The lowest BCUT2D eigenvalue weighted by atomic mass is 10.1. The smallest absolute Gasteiger partial charge is 0.0921 e. The molecule has 0 aliphatic rings. The molecule has 1 atom stereocenters. The predicted molar refractivity (Wildman–Crippen MR) is 68.5 cm³/mol. The van der Waals surface area contributed by atoms with Gasteiger partial charge in [-0.1, -0.05) is 37.3 Å². The first-order valence-corrected chi connectivity index (χ1v) is 5.70. The number of nitrogens with zero attached hydrogens (tertiary/aromatic N) is 1. The van der Waals surface area contributed by atoms with Crippen LogP contribution in [-0.2, 0) is 6.54 Å². The fourth-order valence-electron chi connectivity index (χ4n) is 1.87. The van der Waals surface area contributed by atoms with Crippen LogP contribution in [0.25, 0.3) is 0 Å². The Morgan fingerprint density at radius 2 is 2.00 bits per heavy atom. The molecule has 1 rings (SSSR count). The molecular weight excluding hydrogens is 198 g/mol. The maximum absolute atomic E-state index is 7.35. The van der Waals surface area contributed by atoms with Gasteiger partial charge in [-0.05, 0) is 19.0 Å². The van der Waals surface area contributed by atoms with Gasteiger partial charge in [0, 0.05) is 19.0 Å². The van der Waals surface area contributed by atoms with Crippen LogP contribution < -0.4 is 5.73 Å². The standard InChI is InChI=1S/C13H21N3/c1-3-12(9-13(14)15)16(2)10-11-7-5-4-6-8-11/h4-8,12H,3,9-10H2,1-2H3,(H3,14,15). The summed E-state index contributed by atoms with van der Waals surface area (Å²) < 4.78 is 0. The zero-order valence-corrected chi connectivity index (χ0v) is 10.1. The van der Waals surface area contributed by atoms with E-state index in [-0.39, 0.29) is 5.84 Å². The Balaban J connectivity index is 2.55. The third-order valence-electron chi connectivity index (χ3n) is 2.82. The molecule has 1 unspecified atom stereocenters. The molecule has 3 heteroatoms. The van der Waals surface area contributed by atoms with Gasteiger partial charge in [0.15, 0.2) is 0 Å². The van der Waals surface area contributed by atoms with Gasteiger partial charge in [0.25, 0.3) is 0 Å². The molecule has 0 amide bonds. The molecule has 1 aromatic carbocycles. The number of hydrogen-bond acceptors (Lipinski definition) is 2. The summed E-state index contributed by atoms with van der Waals surface area (Å²) in [6, 6.07) is 10.7. The van der Waals surface area contributed by atoms with E-state index in [0.29, 0.717) is 12.5 Å². The van der Waals surface area contributed by atoms with Crippen molar-refractivity contribution in [3.05, 3.63) is 35.9 Å². The van der Waals surface area contributed by atoms with Gasteiger partial charge in [0.05, 0.1) is 5.84 Å². The molecule has 0 saturated heterocycles. The van der Waals surface area contributed by atoms with E-state index in [1.165, 1.54) is 5.56 Å². The van der Waals surface area contributed by atoms with E-state index < -0.39 is 0 Å². The lowest BCUT2D eigenvalue weighted by Crippen LogP contribution is -2.34. The van der Waals surface area contributed by atoms with Crippen LogP contribution in [-0.4, -0.2) is 23.8 Å². The molecule has 3 nitrogen and oxygen atoms in total. The Morgan fingerprint density at radius 3 is 2.50 bits per heavy atom. The third kappa shape index (κ3) is 4.03. The van der Waals surface area contributed by atoms with Gasteiger partial charge >= 0.3 is 0 Å². The predicted octanol–water partition coefficient (Wildman–Crippen LogP) is 2.22. The second kappa shape index (κ2) is 6.28. The van der Waals surface area contributed by atoms with Crippen molar-refractivity contribution < 1.29 is 0 Å². The number of benzene rings is 1. The molecule has 0 radical (unpaired) electrons. The highest BCUT2D eigenvalue weighted by Crippen LogP contribution is 2.11. The third-order valence-corrected chi connectivity index (χ3v) is 2.82. The minimum Gasteiger partial charge on any atom is -0.388 e. The highest BCUT2D eigenvalue weighted by molar-refractivity contribution is 5.77. The summed E-state index contributed by atoms with van der Waals surface area (Å²) in [5.41, 5.74) is 6.75. The van der Waals surface area contributed by atoms with Crippen LogP contribution in [0.15, 0.2) is 30.3 Å². The molecule has 0 aliphatic carbocycles. The van der Waals surface area contributed by atoms with Crippen molar-refractivity contribution in [2.45, 2.75) is 32.4 Å². The lowest BCUT2D eigenvalue weighted by molar-refractivity contribution is 0.232. The second-order valence-corrected chi connectivity index (χ2v) is 4.19. The first-order valence-electron chi connectivity index (χ1n) is 5.70. The summed E-state index contributed by atoms with van der Waals surface area (Å²) in [5, 5.41) is 7.35. The normalized spacial score (nSPS) is 12.7. The minimum absolute atomic E-state index is 0.270. The maximum Gasteiger partial charge on any atom is 0.0921 e. The number of nitrogens with two attached hydrogens (primary N) is 1. The van der Waals surface area contributed by atoms with Gasteiger partial charge in [-0.25, -0.2) is 0 Å². The fourth-order valence-corrected chi connectivity index (χ4v) is 1.87. The van der Waals surface area contributed by atoms with Crippen LogP contribution in [0.2, 0.25) is 0 Å². The summed E-state index contributed by atoms with van der Waals surface area (Å²) >= 11 is 0. The van der Waals surface area contributed by atoms with Crippen molar-refractivity contribution in [1.29, 1.82) is 5.41 Å². The molecule has 0 saturated carbocycles. The SMILES string of the molecule is CCC(CC(=N)N)N(C)Cc1ccccc1. The number of nitrogens with one attached hydrogen (secondary N) is 1. The Hall–Kier alpha value is -1.35. The van der Waals surface area contributed by atoms with Gasteiger partial charge in [-0.3, -0.25) is 10.3 Å². The molecule has 88 valence electrons. The maximum atomic E-state index is 7.35. The van der Waals surface area contributed by atoms with Crippen LogP contribution in [0, 0.1) is 5.41 Å². The summed E-state index contributed by atoms with van der Waals surface area (Å²) in [7, 11) is 2.09. The Bertz CT molecular complexity index is 321. The Morgan fingerprint density at radius 1 is 1.38 bits per heavy atom. The molecule has 16 heavy (non-hydrogen) atoms. The van der Waals surface area contributed by atoms with Gasteiger partial charge in [-0.15, -0.1) is 0 Å². The van der Waals surface area contributed by atoms with E-state index in [2.05, 4.69) is 43.1 Å². The molecule has 0 spiro atoms.